The number of nitrogens with zero attached hydrogens (tertiary/aromatic N) is 1. The summed E-state index contributed by atoms with van der Waals surface area (Å²) in [4.78, 5) is 5.16. The van der Waals surface area contributed by atoms with E-state index in [-0.39, 0.29) is 12.0 Å². The van der Waals surface area contributed by atoms with Crippen molar-refractivity contribution in [3.8, 4) is 0 Å². The van der Waals surface area contributed by atoms with Gasteiger partial charge in [-0.3, -0.25) is 4.98 Å². The molecule has 0 saturated carbocycles. The summed E-state index contributed by atoms with van der Waals surface area (Å²) in [6.07, 6.45) is 1.61. The van der Waals surface area contributed by atoms with Crippen molar-refractivity contribution < 1.29 is 5.11 Å². The Morgan fingerprint density at radius 2 is 2.55 bits per heavy atom. The molecule has 2 N–H and O–H groups in total. The number of aliphatic hydroxyl groups excluding tert-OH is 1. The Balaban J connectivity index is 2.16. The molecule has 1 aliphatic rings. The van der Waals surface area contributed by atoms with E-state index in [1.54, 1.807) is 16.8 Å². The molecule has 0 unspecified atom stereocenters. The van der Waals surface area contributed by atoms with Crippen molar-refractivity contribution >= 4 is 11.3 Å². The highest BCUT2D eigenvalue weighted by Crippen LogP contribution is 2.25. The molecular weight excluding hydrogens is 160 g/mol. The van der Waals surface area contributed by atoms with Gasteiger partial charge in [-0.25, -0.2) is 0 Å². The van der Waals surface area contributed by atoms with Crippen LogP contribution in [-0.2, 0) is 0 Å². The lowest BCUT2D eigenvalue weighted by atomic mass is 10.1. The SMILES string of the molecule is O[C@@H]1CNC[C@H]1c1cncs1. The first-order chi connectivity index (χ1) is 5.38. The normalized spacial score (nSPS) is 31.0. The molecule has 1 saturated heterocycles. The second kappa shape index (κ2) is 2.89. The molecule has 1 aromatic rings. The van der Waals surface area contributed by atoms with Crippen LogP contribution in [0.15, 0.2) is 11.7 Å². The molecule has 0 amide bonds. The van der Waals surface area contributed by atoms with Crippen LogP contribution in [0.1, 0.15) is 10.8 Å². The molecule has 0 radical (unpaired) electrons. The largest absolute Gasteiger partial charge is 0.391 e. The van der Waals surface area contributed by atoms with Crippen molar-refractivity contribution in [2.45, 2.75) is 12.0 Å². The van der Waals surface area contributed by atoms with E-state index in [4.69, 9.17) is 0 Å². The van der Waals surface area contributed by atoms with E-state index in [0.717, 1.165) is 6.54 Å². The van der Waals surface area contributed by atoms with E-state index < -0.39 is 0 Å². The highest BCUT2D eigenvalue weighted by molar-refractivity contribution is 7.09. The number of aromatic nitrogens is 1. The predicted molar refractivity (Wildman–Crippen MR) is 43.7 cm³/mol. The van der Waals surface area contributed by atoms with E-state index in [0.29, 0.717) is 6.54 Å². The molecule has 2 heterocycles. The zero-order chi connectivity index (χ0) is 7.68. The number of thiazole rings is 1. The van der Waals surface area contributed by atoms with Crippen LogP contribution >= 0.6 is 11.3 Å². The van der Waals surface area contributed by atoms with Crippen molar-refractivity contribution in [2.75, 3.05) is 13.1 Å². The molecule has 0 aliphatic carbocycles. The molecule has 1 aliphatic heterocycles. The van der Waals surface area contributed by atoms with Gasteiger partial charge in [0.1, 0.15) is 0 Å². The van der Waals surface area contributed by atoms with Crippen molar-refractivity contribution in [1.29, 1.82) is 0 Å². The second-order valence-electron chi connectivity index (χ2n) is 2.74. The molecule has 2 rings (SSSR count). The summed E-state index contributed by atoms with van der Waals surface area (Å²) in [7, 11) is 0. The minimum atomic E-state index is -0.226. The van der Waals surface area contributed by atoms with Crippen LogP contribution < -0.4 is 5.32 Å². The maximum atomic E-state index is 9.48. The molecule has 0 spiro atoms. The number of rotatable bonds is 1. The topological polar surface area (TPSA) is 45.1 Å². The fraction of sp³-hybridized carbons (Fsp3) is 0.571. The quantitative estimate of drug-likeness (QED) is 0.632. The van der Waals surface area contributed by atoms with E-state index in [2.05, 4.69) is 10.3 Å². The van der Waals surface area contributed by atoms with Gasteiger partial charge in [0.25, 0.3) is 0 Å². The summed E-state index contributed by atoms with van der Waals surface area (Å²) in [5, 5.41) is 12.6. The minimum absolute atomic E-state index is 0.226. The monoisotopic (exact) mass is 170 g/mol. The summed E-state index contributed by atoms with van der Waals surface area (Å²) in [6.45, 7) is 1.59. The van der Waals surface area contributed by atoms with Crippen molar-refractivity contribution in [3.05, 3.63) is 16.6 Å². The summed E-state index contributed by atoms with van der Waals surface area (Å²) in [5.74, 6) is 0.266. The molecule has 1 aromatic heterocycles. The Kier molecular flexibility index (Phi) is 1.89. The molecule has 0 bridgehead atoms. The van der Waals surface area contributed by atoms with E-state index >= 15 is 0 Å². The maximum absolute atomic E-state index is 9.48. The van der Waals surface area contributed by atoms with Crippen LogP contribution in [0.5, 0.6) is 0 Å². The highest BCUT2D eigenvalue weighted by atomic mass is 32.1. The summed E-state index contributed by atoms with van der Waals surface area (Å²) in [6, 6.07) is 0. The van der Waals surface area contributed by atoms with Gasteiger partial charge < -0.3 is 10.4 Å². The molecule has 0 aromatic carbocycles. The Labute approximate surface area is 69.1 Å². The molecule has 2 atom stereocenters. The minimum Gasteiger partial charge on any atom is -0.391 e. The number of hydrogen-bond acceptors (Lipinski definition) is 4. The zero-order valence-electron chi connectivity index (χ0n) is 6.03. The van der Waals surface area contributed by atoms with Gasteiger partial charge >= 0.3 is 0 Å². The number of nitrogens with one attached hydrogen (secondary N) is 1. The van der Waals surface area contributed by atoms with Crippen LogP contribution in [-0.4, -0.2) is 29.3 Å². The van der Waals surface area contributed by atoms with Crippen molar-refractivity contribution in [3.63, 3.8) is 0 Å². The fourth-order valence-corrected chi connectivity index (χ4v) is 2.14. The molecule has 60 valence electrons. The summed E-state index contributed by atoms with van der Waals surface area (Å²) in [5.41, 5.74) is 1.81. The van der Waals surface area contributed by atoms with Gasteiger partial charge in [-0.2, -0.15) is 0 Å². The van der Waals surface area contributed by atoms with Gasteiger partial charge in [0.2, 0.25) is 0 Å². The van der Waals surface area contributed by atoms with Gasteiger partial charge in [-0.05, 0) is 0 Å². The lowest BCUT2D eigenvalue weighted by molar-refractivity contribution is 0.179. The first-order valence-corrected chi connectivity index (χ1v) is 4.53. The lowest BCUT2D eigenvalue weighted by Crippen LogP contribution is -2.15. The molecule has 1 fully saturated rings. The fourth-order valence-electron chi connectivity index (χ4n) is 1.36. The average molecular weight is 170 g/mol. The third kappa shape index (κ3) is 1.29. The summed E-state index contributed by atoms with van der Waals surface area (Å²) >= 11 is 1.61. The number of aliphatic hydroxyl groups is 1. The third-order valence-electron chi connectivity index (χ3n) is 2.00. The predicted octanol–water partition coefficient (Wildman–Crippen LogP) is 0.191. The van der Waals surface area contributed by atoms with E-state index in [9.17, 15) is 5.11 Å². The standard InChI is InChI=1S/C7H10N2OS/c10-6-2-8-1-5(6)7-3-9-4-11-7/h3-6,8,10H,1-2H2/t5-,6-/m1/s1. The van der Waals surface area contributed by atoms with E-state index in [1.807, 2.05) is 6.20 Å². The lowest BCUT2D eigenvalue weighted by Gasteiger charge is -2.08. The number of hydrogen-bond donors (Lipinski definition) is 2. The first-order valence-electron chi connectivity index (χ1n) is 3.65. The molecule has 11 heavy (non-hydrogen) atoms. The van der Waals surface area contributed by atoms with Crippen molar-refractivity contribution in [2.24, 2.45) is 0 Å². The van der Waals surface area contributed by atoms with Crippen LogP contribution in [0.25, 0.3) is 0 Å². The zero-order valence-corrected chi connectivity index (χ0v) is 6.84. The average Bonchev–Trinajstić information content (AvgIpc) is 2.55. The van der Waals surface area contributed by atoms with Gasteiger partial charge in [-0.15, -0.1) is 11.3 Å². The smallest absolute Gasteiger partial charge is 0.0794 e. The molecule has 4 heteroatoms. The van der Waals surface area contributed by atoms with Gasteiger partial charge in [-0.1, -0.05) is 0 Å². The van der Waals surface area contributed by atoms with Crippen LogP contribution in [0.3, 0.4) is 0 Å². The Hall–Kier alpha value is -0.450. The number of β-amino-alcohol motifs (C(OH)–C–C–N with tert-alkyl or cyclic N) is 1. The molecular formula is C7H10N2OS. The van der Waals surface area contributed by atoms with Crippen molar-refractivity contribution in [1.82, 2.24) is 10.3 Å². The van der Waals surface area contributed by atoms with Crippen LogP contribution in [0.2, 0.25) is 0 Å². The maximum Gasteiger partial charge on any atom is 0.0794 e. The Morgan fingerprint density at radius 3 is 3.09 bits per heavy atom. The second-order valence-corrected chi connectivity index (χ2v) is 3.65. The van der Waals surface area contributed by atoms with Gasteiger partial charge in [0.05, 0.1) is 11.6 Å². The van der Waals surface area contributed by atoms with Crippen LogP contribution in [0.4, 0.5) is 0 Å². The first kappa shape index (κ1) is 7.21. The molecule has 3 nitrogen and oxygen atoms in total. The highest BCUT2D eigenvalue weighted by Gasteiger charge is 2.27. The Bertz CT molecular complexity index is 224. The third-order valence-corrected chi connectivity index (χ3v) is 2.91. The van der Waals surface area contributed by atoms with Crippen LogP contribution in [0, 0.1) is 0 Å². The van der Waals surface area contributed by atoms with Gasteiger partial charge in [0, 0.05) is 30.1 Å². The summed E-state index contributed by atoms with van der Waals surface area (Å²) < 4.78 is 0. The Morgan fingerprint density at radius 1 is 1.64 bits per heavy atom. The van der Waals surface area contributed by atoms with E-state index in [1.165, 1.54) is 4.88 Å². The van der Waals surface area contributed by atoms with Gasteiger partial charge in [0.15, 0.2) is 0 Å².